The molecule has 21 heavy (non-hydrogen) atoms. The number of rotatable bonds is 3. The Bertz CT molecular complexity index is 603. The Labute approximate surface area is 130 Å². The molecule has 0 spiro atoms. The van der Waals surface area contributed by atoms with Gasteiger partial charge < -0.3 is 15.2 Å². The van der Waals surface area contributed by atoms with Crippen LogP contribution in [0.25, 0.3) is 0 Å². The van der Waals surface area contributed by atoms with E-state index in [1.165, 1.54) is 0 Å². The number of halogens is 1. The minimum Gasteiger partial charge on any atom is -0.481 e. The number of carboxylic acid groups (broad SMARTS) is 1. The first-order valence-electron chi connectivity index (χ1n) is 6.92. The summed E-state index contributed by atoms with van der Waals surface area (Å²) in [5, 5.41) is 12.2. The van der Waals surface area contributed by atoms with E-state index in [0.29, 0.717) is 5.69 Å². The van der Waals surface area contributed by atoms with Crippen molar-refractivity contribution in [3.8, 4) is 0 Å². The first-order valence-corrected chi connectivity index (χ1v) is 7.72. The zero-order chi connectivity index (χ0) is 15.1. The van der Waals surface area contributed by atoms with Crippen LogP contribution in [-0.4, -0.2) is 29.2 Å². The van der Waals surface area contributed by atoms with Crippen molar-refractivity contribution in [3.05, 3.63) is 28.2 Å². The summed E-state index contributed by atoms with van der Waals surface area (Å²) in [6, 6.07) is 5.61. The van der Waals surface area contributed by atoms with E-state index in [1.807, 2.05) is 19.1 Å². The number of anilines is 1. The van der Waals surface area contributed by atoms with Crippen molar-refractivity contribution in [1.82, 2.24) is 0 Å². The number of ether oxygens (including phenoxy) is 1. The highest BCUT2D eigenvalue weighted by Gasteiger charge is 2.55. The zero-order valence-corrected chi connectivity index (χ0v) is 13.1. The third-order valence-corrected chi connectivity index (χ3v) is 4.90. The van der Waals surface area contributed by atoms with Crippen LogP contribution < -0.4 is 5.32 Å². The van der Waals surface area contributed by atoms with Gasteiger partial charge in [0.15, 0.2) is 0 Å². The predicted molar refractivity (Wildman–Crippen MR) is 80.0 cm³/mol. The van der Waals surface area contributed by atoms with Gasteiger partial charge in [0, 0.05) is 4.47 Å². The largest absolute Gasteiger partial charge is 0.481 e. The number of aryl methyl sites for hydroxylation is 1. The molecule has 2 fully saturated rings. The fourth-order valence-electron chi connectivity index (χ4n) is 3.26. The number of amides is 1. The molecule has 2 bridgehead atoms. The van der Waals surface area contributed by atoms with E-state index < -0.39 is 17.8 Å². The third-order valence-electron chi connectivity index (χ3n) is 4.24. The average Bonchev–Trinajstić information content (AvgIpc) is 3.02. The number of nitrogens with one attached hydrogen (secondary N) is 1. The summed E-state index contributed by atoms with van der Waals surface area (Å²) in [4.78, 5) is 23.9. The topological polar surface area (TPSA) is 75.6 Å². The maximum atomic E-state index is 12.5. The first-order chi connectivity index (χ1) is 9.97. The summed E-state index contributed by atoms with van der Waals surface area (Å²) >= 11 is 3.41. The second kappa shape index (κ2) is 5.42. The second-order valence-electron chi connectivity index (χ2n) is 5.65. The highest BCUT2D eigenvalue weighted by atomic mass is 79.9. The molecule has 0 aromatic heterocycles. The molecule has 2 saturated heterocycles. The Morgan fingerprint density at radius 1 is 1.29 bits per heavy atom. The van der Waals surface area contributed by atoms with Gasteiger partial charge in [-0.1, -0.05) is 6.07 Å². The first kappa shape index (κ1) is 14.5. The van der Waals surface area contributed by atoms with Crippen LogP contribution in [-0.2, 0) is 14.3 Å². The summed E-state index contributed by atoms with van der Waals surface area (Å²) in [5.41, 5.74) is 1.73. The molecule has 6 heteroatoms. The number of carbonyl (C=O) groups is 2. The Balaban J connectivity index is 1.80. The molecular weight excluding hydrogens is 338 g/mol. The molecule has 0 radical (unpaired) electrons. The Morgan fingerprint density at radius 2 is 1.95 bits per heavy atom. The van der Waals surface area contributed by atoms with E-state index in [4.69, 9.17) is 4.74 Å². The van der Waals surface area contributed by atoms with Crippen molar-refractivity contribution in [1.29, 1.82) is 0 Å². The SMILES string of the molecule is Cc1ccc(NC(=O)[C@@H]2[C@@H](C(=O)O)[C@@H]3CC[C@@H]2O3)c(Br)c1. The van der Waals surface area contributed by atoms with E-state index in [0.717, 1.165) is 22.9 Å². The predicted octanol–water partition coefficient (Wildman–Crippen LogP) is 2.57. The number of hydrogen-bond donors (Lipinski definition) is 2. The Hall–Kier alpha value is -1.40. The molecule has 2 heterocycles. The lowest BCUT2D eigenvalue weighted by molar-refractivity contribution is -0.147. The van der Waals surface area contributed by atoms with Crippen LogP contribution in [0.2, 0.25) is 0 Å². The molecule has 112 valence electrons. The van der Waals surface area contributed by atoms with Gasteiger partial charge in [0.05, 0.1) is 29.7 Å². The highest BCUT2D eigenvalue weighted by Crippen LogP contribution is 2.44. The molecule has 5 nitrogen and oxygen atoms in total. The highest BCUT2D eigenvalue weighted by molar-refractivity contribution is 9.10. The quantitative estimate of drug-likeness (QED) is 0.875. The Morgan fingerprint density at radius 3 is 2.57 bits per heavy atom. The molecule has 1 aromatic rings. The summed E-state index contributed by atoms with van der Waals surface area (Å²) in [6.07, 6.45) is 0.867. The van der Waals surface area contributed by atoms with Gasteiger partial charge in [0.25, 0.3) is 0 Å². The molecule has 1 aromatic carbocycles. The van der Waals surface area contributed by atoms with E-state index in [2.05, 4.69) is 21.2 Å². The lowest BCUT2D eigenvalue weighted by Crippen LogP contribution is -2.41. The van der Waals surface area contributed by atoms with Crippen LogP contribution in [0.4, 0.5) is 5.69 Å². The summed E-state index contributed by atoms with van der Waals surface area (Å²) in [6.45, 7) is 1.96. The number of aliphatic carboxylic acids is 1. The van der Waals surface area contributed by atoms with Gasteiger partial charge in [-0.25, -0.2) is 0 Å². The van der Waals surface area contributed by atoms with Crippen molar-refractivity contribution < 1.29 is 19.4 Å². The molecule has 1 amide bonds. The van der Waals surface area contributed by atoms with Crippen LogP contribution in [0.15, 0.2) is 22.7 Å². The molecule has 2 N–H and O–H groups in total. The standard InChI is InChI=1S/C15H16BrNO4/c1-7-2-3-9(8(16)6-7)17-14(18)12-10-4-5-11(21-10)13(12)15(19)20/h2-3,6,10-13H,4-5H2,1H3,(H,17,18)(H,19,20)/t10-,11-,12-,13-/m0/s1. The van der Waals surface area contributed by atoms with Crippen LogP contribution >= 0.6 is 15.9 Å². The molecule has 4 atom stereocenters. The van der Waals surface area contributed by atoms with Crippen molar-refractivity contribution >= 4 is 33.5 Å². The van der Waals surface area contributed by atoms with Crippen molar-refractivity contribution in [2.45, 2.75) is 32.0 Å². The summed E-state index contributed by atoms with van der Waals surface area (Å²) < 4.78 is 6.40. The number of hydrogen-bond acceptors (Lipinski definition) is 3. The normalized spacial score (nSPS) is 30.4. The van der Waals surface area contributed by atoms with Crippen molar-refractivity contribution in [2.75, 3.05) is 5.32 Å². The molecule has 3 rings (SSSR count). The van der Waals surface area contributed by atoms with Gasteiger partial charge in [-0.2, -0.15) is 0 Å². The van der Waals surface area contributed by atoms with Gasteiger partial charge in [0.1, 0.15) is 0 Å². The summed E-state index contributed by atoms with van der Waals surface area (Å²) in [5.74, 6) is -2.59. The Kier molecular flexibility index (Phi) is 3.75. The number of benzene rings is 1. The number of carboxylic acids is 1. The molecule has 2 aliphatic rings. The molecule has 0 saturated carbocycles. The lowest BCUT2D eigenvalue weighted by Gasteiger charge is -2.24. The zero-order valence-electron chi connectivity index (χ0n) is 11.5. The molecule has 0 aliphatic carbocycles. The maximum Gasteiger partial charge on any atom is 0.310 e. The van der Waals surface area contributed by atoms with Crippen LogP contribution in [0.1, 0.15) is 18.4 Å². The molecular formula is C15H16BrNO4. The maximum absolute atomic E-state index is 12.5. The van der Waals surface area contributed by atoms with Gasteiger partial charge in [-0.05, 0) is 53.4 Å². The fourth-order valence-corrected chi connectivity index (χ4v) is 3.85. The van der Waals surface area contributed by atoms with Crippen LogP contribution in [0.5, 0.6) is 0 Å². The number of carbonyl (C=O) groups excluding carboxylic acids is 1. The molecule has 0 unspecified atom stereocenters. The van der Waals surface area contributed by atoms with Gasteiger partial charge >= 0.3 is 5.97 Å². The minimum absolute atomic E-state index is 0.277. The lowest BCUT2D eigenvalue weighted by atomic mass is 9.78. The minimum atomic E-state index is -0.953. The van der Waals surface area contributed by atoms with Gasteiger partial charge in [0.2, 0.25) is 5.91 Å². The van der Waals surface area contributed by atoms with E-state index in [1.54, 1.807) is 6.07 Å². The van der Waals surface area contributed by atoms with E-state index in [9.17, 15) is 14.7 Å². The van der Waals surface area contributed by atoms with Crippen molar-refractivity contribution in [3.63, 3.8) is 0 Å². The van der Waals surface area contributed by atoms with Gasteiger partial charge in [-0.15, -0.1) is 0 Å². The van der Waals surface area contributed by atoms with E-state index >= 15 is 0 Å². The van der Waals surface area contributed by atoms with Gasteiger partial charge in [-0.3, -0.25) is 9.59 Å². The fraction of sp³-hybridized carbons (Fsp3) is 0.467. The number of fused-ring (bicyclic) bond motifs is 2. The smallest absolute Gasteiger partial charge is 0.310 e. The monoisotopic (exact) mass is 353 g/mol. The van der Waals surface area contributed by atoms with Crippen LogP contribution in [0, 0.1) is 18.8 Å². The van der Waals surface area contributed by atoms with Crippen molar-refractivity contribution in [2.24, 2.45) is 11.8 Å². The molecule has 2 aliphatic heterocycles. The summed E-state index contributed by atoms with van der Waals surface area (Å²) in [7, 11) is 0. The average molecular weight is 354 g/mol. The third kappa shape index (κ3) is 2.58. The second-order valence-corrected chi connectivity index (χ2v) is 6.51. The van der Waals surface area contributed by atoms with Crippen LogP contribution in [0.3, 0.4) is 0 Å². The van der Waals surface area contributed by atoms with E-state index in [-0.39, 0.29) is 18.1 Å².